The lowest BCUT2D eigenvalue weighted by Gasteiger charge is -2.47. The summed E-state index contributed by atoms with van der Waals surface area (Å²) in [5.74, 6) is -1.30. The maximum atomic E-state index is 14.3. The minimum Gasteiger partial charge on any atom is -0.481 e. The van der Waals surface area contributed by atoms with Crippen LogP contribution in [0.4, 0.5) is 14.6 Å². The lowest BCUT2D eigenvalue weighted by atomic mass is 9.61. The second-order valence-corrected chi connectivity index (χ2v) is 9.64. The Kier molecular flexibility index (Phi) is 4.79. The van der Waals surface area contributed by atoms with Gasteiger partial charge in [0.05, 0.1) is 17.0 Å². The van der Waals surface area contributed by atoms with E-state index in [1.165, 1.54) is 6.07 Å². The Morgan fingerprint density at radius 3 is 2.59 bits per heavy atom. The van der Waals surface area contributed by atoms with Crippen LogP contribution in [0.25, 0.3) is 33.2 Å². The standard InChI is InChI=1S/C26H24F2N4O2/c1-12-2-7-16-20(8-12)30-25(18-11-29-23-17(18)9-15(27)10-19(23)28)32-24(16)31-22-14-5-3-13(4-6-14)21(22)26(33)34/h2,7-11,13-14,21-22,29H,3-6H2,1H3,(H,33,34)(H,30,31,32)/t13?,14?,21-,22?/m1/s1. The molecule has 2 atom stereocenters. The first-order valence-electron chi connectivity index (χ1n) is 11.6. The van der Waals surface area contributed by atoms with Crippen LogP contribution < -0.4 is 5.32 Å². The first-order valence-corrected chi connectivity index (χ1v) is 11.6. The van der Waals surface area contributed by atoms with Crippen LogP contribution in [0.5, 0.6) is 0 Å². The molecule has 174 valence electrons. The number of H-pyrrole nitrogens is 1. The van der Waals surface area contributed by atoms with E-state index < -0.39 is 23.5 Å². The van der Waals surface area contributed by atoms with Crippen molar-refractivity contribution in [1.82, 2.24) is 15.0 Å². The van der Waals surface area contributed by atoms with Crippen molar-refractivity contribution in [3.63, 3.8) is 0 Å². The topological polar surface area (TPSA) is 90.9 Å². The Balaban J connectivity index is 1.51. The van der Waals surface area contributed by atoms with E-state index in [-0.39, 0.29) is 23.4 Å². The average Bonchev–Trinajstić information content (AvgIpc) is 3.23. The van der Waals surface area contributed by atoms with Crippen molar-refractivity contribution in [3.05, 3.63) is 53.7 Å². The van der Waals surface area contributed by atoms with Crippen LogP contribution in [0.1, 0.15) is 31.2 Å². The van der Waals surface area contributed by atoms with Crippen LogP contribution >= 0.6 is 0 Å². The van der Waals surface area contributed by atoms with Crippen molar-refractivity contribution in [2.24, 2.45) is 17.8 Å². The third-order valence-electron chi connectivity index (χ3n) is 7.61. The molecule has 3 N–H and O–H groups in total. The van der Waals surface area contributed by atoms with E-state index in [0.29, 0.717) is 28.1 Å². The van der Waals surface area contributed by atoms with Crippen LogP contribution in [0.2, 0.25) is 0 Å². The Labute approximate surface area is 194 Å². The minimum atomic E-state index is -0.774. The van der Waals surface area contributed by atoms with E-state index in [4.69, 9.17) is 9.97 Å². The monoisotopic (exact) mass is 462 g/mol. The van der Waals surface area contributed by atoms with Crippen LogP contribution in [-0.2, 0) is 4.79 Å². The third kappa shape index (κ3) is 3.31. The Bertz CT molecular complexity index is 1440. The summed E-state index contributed by atoms with van der Waals surface area (Å²) in [6.45, 7) is 1.96. The Morgan fingerprint density at radius 2 is 1.82 bits per heavy atom. The summed E-state index contributed by atoms with van der Waals surface area (Å²) >= 11 is 0. The fraction of sp³-hybridized carbons (Fsp3) is 0.346. The number of aromatic amines is 1. The zero-order chi connectivity index (χ0) is 23.6. The van der Waals surface area contributed by atoms with Crippen LogP contribution in [0, 0.1) is 36.3 Å². The number of rotatable bonds is 4. The van der Waals surface area contributed by atoms with Crippen molar-refractivity contribution in [1.29, 1.82) is 0 Å². The van der Waals surface area contributed by atoms with Gasteiger partial charge in [-0.05, 0) is 68.2 Å². The van der Waals surface area contributed by atoms with Gasteiger partial charge in [0, 0.05) is 34.6 Å². The molecule has 3 fully saturated rings. The van der Waals surface area contributed by atoms with Gasteiger partial charge in [-0.15, -0.1) is 0 Å². The number of halogens is 2. The minimum absolute atomic E-state index is 0.161. The molecule has 7 rings (SSSR count). The van der Waals surface area contributed by atoms with Crippen molar-refractivity contribution in [2.75, 3.05) is 5.32 Å². The fourth-order valence-electron chi connectivity index (χ4n) is 5.98. The highest BCUT2D eigenvalue weighted by atomic mass is 19.1. The smallest absolute Gasteiger partial charge is 0.308 e. The van der Waals surface area contributed by atoms with E-state index in [1.54, 1.807) is 6.20 Å². The van der Waals surface area contributed by atoms with Gasteiger partial charge in [0.1, 0.15) is 17.5 Å². The zero-order valence-corrected chi connectivity index (χ0v) is 18.6. The van der Waals surface area contributed by atoms with Gasteiger partial charge in [-0.3, -0.25) is 4.79 Å². The van der Waals surface area contributed by atoms with Crippen LogP contribution in [0.15, 0.2) is 36.5 Å². The maximum absolute atomic E-state index is 14.3. The average molecular weight is 463 g/mol. The molecule has 0 amide bonds. The highest BCUT2D eigenvalue weighted by Gasteiger charge is 2.47. The summed E-state index contributed by atoms with van der Waals surface area (Å²) in [4.78, 5) is 24.5. The number of anilines is 1. The summed E-state index contributed by atoms with van der Waals surface area (Å²) in [5, 5.41) is 14.6. The summed E-state index contributed by atoms with van der Waals surface area (Å²) in [6, 6.07) is 7.71. The normalized spacial score (nSPS) is 24.1. The molecule has 3 aliphatic rings. The van der Waals surface area contributed by atoms with Gasteiger partial charge in [0.2, 0.25) is 0 Å². The zero-order valence-electron chi connectivity index (χ0n) is 18.6. The number of nitrogens with zero attached hydrogens (tertiary/aromatic N) is 2. The highest BCUT2D eigenvalue weighted by Crippen LogP contribution is 2.46. The Hall–Kier alpha value is -3.55. The second-order valence-electron chi connectivity index (χ2n) is 9.64. The third-order valence-corrected chi connectivity index (χ3v) is 7.61. The first-order chi connectivity index (χ1) is 16.4. The number of carbonyl (C=O) groups is 1. The summed E-state index contributed by atoms with van der Waals surface area (Å²) in [5.41, 5.74) is 2.38. The van der Waals surface area contributed by atoms with Gasteiger partial charge in [0.25, 0.3) is 0 Å². The van der Waals surface area contributed by atoms with Crippen molar-refractivity contribution in [3.8, 4) is 11.4 Å². The molecule has 2 bridgehead atoms. The van der Waals surface area contributed by atoms with Crippen molar-refractivity contribution >= 4 is 33.6 Å². The summed E-state index contributed by atoms with van der Waals surface area (Å²) < 4.78 is 28.3. The number of aliphatic carboxylic acids is 1. The van der Waals surface area contributed by atoms with E-state index in [2.05, 4.69) is 10.3 Å². The number of benzene rings is 2. The molecule has 0 aliphatic heterocycles. The number of carboxylic acids is 1. The molecule has 0 saturated heterocycles. The molecule has 8 heteroatoms. The van der Waals surface area contributed by atoms with E-state index in [0.717, 1.165) is 42.7 Å². The molecule has 3 aliphatic carbocycles. The fourth-order valence-corrected chi connectivity index (χ4v) is 5.98. The molecule has 0 radical (unpaired) electrons. The number of hydrogen-bond acceptors (Lipinski definition) is 4. The molecule has 2 aromatic carbocycles. The molecular weight excluding hydrogens is 438 g/mol. The number of nitrogens with one attached hydrogen (secondary N) is 2. The van der Waals surface area contributed by atoms with Gasteiger partial charge >= 0.3 is 5.97 Å². The van der Waals surface area contributed by atoms with Crippen molar-refractivity contribution < 1.29 is 18.7 Å². The Morgan fingerprint density at radius 1 is 1.06 bits per heavy atom. The highest BCUT2D eigenvalue weighted by molar-refractivity contribution is 5.97. The van der Waals surface area contributed by atoms with Crippen LogP contribution in [-0.4, -0.2) is 32.1 Å². The lowest BCUT2D eigenvalue weighted by Crippen LogP contribution is -2.51. The second kappa shape index (κ2) is 7.75. The molecule has 1 unspecified atom stereocenters. The predicted octanol–water partition coefficient (Wildman–Crippen LogP) is 5.67. The first kappa shape index (κ1) is 21.0. The number of carboxylic acid groups (broad SMARTS) is 1. The van der Waals surface area contributed by atoms with E-state index in [1.807, 2.05) is 25.1 Å². The van der Waals surface area contributed by atoms with Gasteiger partial charge < -0.3 is 15.4 Å². The number of aryl methyl sites for hydroxylation is 1. The quantitative estimate of drug-likeness (QED) is 0.364. The van der Waals surface area contributed by atoms with Gasteiger partial charge in [-0.1, -0.05) is 6.07 Å². The van der Waals surface area contributed by atoms with E-state index in [9.17, 15) is 18.7 Å². The summed E-state index contributed by atoms with van der Waals surface area (Å²) in [6.07, 6.45) is 5.48. The maximum Gasteiger partial charge on any atom is 0.308 e. The molecule has 0 spiro atoms. The lowest BCUT2D eigenvalue weighted by molar-refractivity contribution is -0.148. The molecular formula is C26H24F2N4O2. The van der Waals surface area contributed by atoms with Crippen LogP contribution in [0.3, 0.4) is 0 Å². The predicted molar refractivity (Wildman–Crippen MR) is 125 cm³/mol. The molecule has 6 nitrogen and oxygen atoms in total. The molecule has 2 aromatic heterocycles. The number of hydrogen-bond donors (Lipinski definition) is 3. The van der Waals surface area contributed by atoms with Gasteiger partial charge in [-0.2, -0.15) is 0 Å². The van der Waals surface area contributed by atoms with Crippen molar-refractivity contribution in [2.45, 2.75) is 38.6 Å². The molecule has 2 heterocycles. The largest absolute Gasteiger partial charge is 0.481 e. The SMILES string of the molecule is Cc1ccc2c(NC3C4CCC(CC4)[C@H]3C(=O)O)nc(-c3c[nH]c4c(F)cc(F)cc34)nc2c1. The number of aromatic nitrogens is 3. The summed E-state index contributed by atoms with van der Waals surface area (Å²) in [7, 11) is 0. The number of fused-ring (bicyclic) bond motifs is 5. The molecule has 3 saturated carbocycles. The molecule has 4 aromatic rings. The van der Waals surface area contributed by atoms with Gasteiger partial charge in [0.15, 0.2) is 5.82 Å². The van der Waals surface area contributed by atoms with E-state index >= 15 is 0 Å². The molecule has 34 heavy (non-hydrogen) atoms. The van der Waals surface area contributed by atoms with Gasteiger partial charge in [-0.25, -0.2) is 18.7 Å².